The summed E-state index contributed by atoms with van der Waals surface area (Å²) in [5.41, 5.74) is 1.96. The lowest BCUT2D eigenvalue weighted by Crippen LogP contribution is -2.36. The first-order chi connectivity index (χ1) is 13.5. The van der Waals surface area contributed by atoms with Crippen molar-refractivity contribution in [2.75, 3.05) is 38.3 Å². The summed E-state index contributed by atoms with van der Waals surface area (Å²) in [5, 5.41) is 1.06. The normalized spacial score (nSPS) is 24.1. The monoisotopic (exact) mass is 403 g/mol. The highest BCUT2D eigenvalue weighted by Crippen LogP contribution is 2.46. The predicted octanol–water partition coefficient (Wildman–Crippen LogP) is 3.57. The lowest BCUT2D eigenvalue weighted by atomic mass is 9.89. The summed E-state index contributed by atoms with van der Waals surface area (Å²) >= 11 is 1.73. The maximum absolute atomic E-state index is 13.9. The number of anilines is 1. The van der Waals surface area contributed by atoms with Gasteiger partial charge < -0.3 is 14.5 Å². The molecule has 7 heteroatoms. The highest BCUT2D eigenvalue weighted by atomic mass is 32.1. The van der Waals surface area contributed by atoms with Crippen molar-refractivity contribution in [1.29, 1.82) is 0 Å². The molecule has 3 atom stereocenters. The predicted molar refractivity (Wildman–Crippen MR) is 108 cm³/mol. The van der Waals surface area contributed by atoms with Crippen molar-refractivity contribution in [1.82, 2.24) is 9.88 Å². The zero-order valence-corrected chi connectivity index (χ0v) is 17.3. The third-order valence-corrected chi connectivity index (χ3v) is 7.12. The lowest BCUT2D eigenvalue weighted by Gasteiger charge is -2.30. The molecule has 3 heterocycles. The van der Waals surface area contributed by atoms with Crippen LogP contribution in [0.1, 0.15) is 28.6 Å². The number of thiazole rings is 1. The maximum atomic E-state index is 13.9. The number of ether oxygens (including phenoxy) is 1. The van der Waals surface area contributed by atoms with Gasteiger partial charge in [0.2, 0.25) is 5.91 Å². The quantitative estimate of drug-likeness (QED) is 0.766. The summed E-state index contributed by atoms with van der Waals surface area (Å²) in [4.78, 5) is 23.1. The first-order valence-corrected chi connectivity index (χ1v) is 10.5. The van der Waals surface area contributed by atoms with Gasteiger partial charge in [-0.05, 0) is 31.5 Å². The Bertz CT molecular complexity index is 852. The molecule has 1 aromatic heterocycles. The number of likely N-dealkylation sites (tertiary alicyclic amines) is 1. The molecule has 0 N–H and O–H groups in total. The van der Waals surface area contributed by atoms with E-state index in [-0.39, 0.29) is 23.7 Å². The van der Waals surface area contributed by atoms with Crippen LogP contribution in [0.25, 0.3) is 0 Å². The van der Waals surface area contributed by atoms with Gasteiger partial charge in [0.1, 0.15) is 5.82 Å². The van der Waals surface area contributed by atoms with Crippen LogP contribution in [0.15, 0.2) is 24.3 Å². The van der Waals surface area contributed by atoms with Crippen LogP contribution in [-0.2, 0) is 9.53 Å². The van der Waals surface area contributed by atoms with E-state index in [0.29, 0.717) is 25.5 Å². The van der Waals surface area contributed by atoms with E-state index in [9.17, 15) is 9.18 Å². The van der Waals surface area contributed by atoms with E-state index in [2.05, 4.69) is 11.8 Å². The van der Waals surface area contributed by atoms with Gasteiger partial charge in [-0.25, -0.2) is 9.37 Å². The van der Waals surface area contributed by atoms with Crippen LogP contribution in [0.5, 0.6) is 0 Å². The Balaban J connectivity index is 1.61. The van der Waals surface area contributed by atoms with Gasteiger partial charge >= 0.3 is 0 Å². The second kappa shape index (κ2) is 7.79. The van der Waals surface area contributed by atoms with E-state index < -0.39 is 0 Å². The first-order valence-electron chi connectivity index (χ1n) is 9.70. The summed E-state index contributed by atoms with van der Waals surface area (Å²) in [6, 6.07) is 6.60. The van der Waals surface area contributed by atoms with Gasteiger partial charge in [0, 0.05) is 43.5 Å². The molecule has 1 amide bonds. The number of aromatic nitrogens is 1. The van der Waals surface area contributed by atoms with Gasteiger partial charge in [-0.1, -0.05) is 12.1 Å². The van der Waals surface area contributed by atoms with E-state index in [4.69, 9.17) is 9.72 Å². The fourth-order valence-corrected chi connectivity index (χ4v) is 5.43. The Hall–Kier alpha value is -1.99. The fourth-order valence-electron chi connectivity index (χ4n) is 4.50. The van der Waals surface area contributed by atoms with Crippen molar-refractivity contribution in [2.24, 2.45) is 11.8 Å². The minimum atomic E-state index is -0.258. The molecule has 0 saturated carbocycles. The van der Waals surface area contributed by atoms with E-state index in [1.165, 1.54) is 10.9 Å². The van der Waals surface area contributed by atoms with E-state index >= 15 is 0 Å². The molecule has 0 bridgehead atoms. The Morgan fingerprint density at radius 3 is 2.82 bits per heavy atom. The molecule has 2 saturated heterocycles. The minimum Gasteiger partial charge on any atom is -0.384 e. The Labute approximate surface area is 169 Å². The van der Waals surface area contributed by atoms with Gasteiger partial charge in [0.05, 0.1) is 24.8 Å². The molecule has 2 aliphatic rings. The fraction of sp³-hybridized carbons (Fsp3) is 0.524. The standard InChI is InChI=1S/C21H26FN3O2S/c1-13-14(2)28-21(23-13)24-10-16-11-25(19(26)7-8-27-3)20(18(16)12-24)15-5-4-6-17(22)9-15/h4-6,9,16,18,20H,7-8,10-12H2,1-3H3/t16-,18-,20+/m0/s1. The third-order valence-electron chi connectivity index (χ3n) is 5.98. The number of nitrogens with zero attached hydrogens (tertiary/aromatic N) is 3. The second-order valence-electron chi connectivity index (χ2n) is 7.76. The van der Waals surface area contributed by atoms with Crippen LogP contribution >= 0.6 is 11.3 Å². The number of benzene rings is 1. The molecule has 0 spiro atoms. The minimum absolute atomic E-state index is 0.0815. The number of aryl methyl sites for hydroxylation is 2. The SMILES string of the molecule is COCCC(=O)N1C[C@@H]2CN(c3nc(C)c(C)s3)C[C@@H]2[C@H]1c1cccc(F)c1. The number of rotatable bonds is 5. The van der Waals surface area contributed by atoms with Gasteiger partial charge in [-0.2, -0.15) is 0 Å². The van der Waals surface area contributed by atoms with Gasteiger partial charge in [0.15, 0.2) is 5.13 Å². The number of fused-ring (bicyclic) bond motifs is 1. The average molecular weight is 404 g/mol. The summed E-state index contributed by atoms with van der Waals surface area (Å²) < 4.78 is 19.0. The average Bonchev–Trinajstić information content (AvgIpc) is 3.32. The molecule has 0 aliphatic carbocycles. The van der Waals surface area contributed by atoms with Gasteiger partial charge in [-0.3, -0.25) is 4.79 Å². The second-order valence-corrected chi connectivity index (χ2v) is 8.94. The Kier molecular flexibility index (Phi) is 5.38. The highest BCUT2D eigenvalue weighted by Gasteiger charge is 2.49. The number of halogens is 1. The first kappa shape index (κ1) is 19.3. The van der Waals surface area contributed by atoms with Crippen molar-refractivity contribution in [3.8, 4) is 0 Å². The topological polar surface area (TPSA) is 45.7 Å². The number of methoxy groups -OCH3 is 1. The molecule has 2 aromatic rings. The maximum Gasteiger partial charge on any atom is 0.225 e. The molecular weight excluding hydrogens is 377 g/mol. The summed E-state index contributed by atoms with van der Waals surface area (Å²) in [5.74, 6) is 0.464. The largest absolute Gasteiger partial charge is 0.384 e. The molecule has 2 fully saturated rings. The Morgan fingerprint density at radius 2 is 2.14 bits per heavy atom. The van der Waals surface area contributed by atoms with Crippen molar-refractivity contribution >= 4 is 22.4 Å². The summed E-state index contributed by atoms with van der Waals surface area (Å²) in [6.45, 7) is 6.97. The van der Waals surface area contributed by atoms with E-state index in [0.717, 1.165) is 29.5 Å². The van der Waals surface area contributed by atoms with Crippen LogP contribution in [0.3, 0.4) is 0 Å². The zero-order chi connectivity index (χ0) is 19.8. The molecule has 1 aromatic carbocycles. The zero-order valence-electron chi connectivity index (χ0n) is 16.5. The number of hydrogen-bond donors (Lipinski definition) is 0. The van der Waals surface area contributed by atoms with Crippen molar-refractivity contribution in [3.63, 3.8) is 0 Å². The third kappa shape index (κ3) is 3.53. The van der Waals surface area contributed by atoms with Crippen molar-refractivity contribution < 1.29 is 13.9 Å². The van der Waals surface area contributed by atoms with Crippen LogP contribution in [0.4, 0.5) is 9.52 Å². The molecule has 28 heavy (non-hydrogen) atoms. The van der Waals surface area contributed by atoms with Gasteiger partial charge in [-0.15, -0.1) is 11.3 Å². The number of carbonyl (C=O) groups is 1. The van der Waals surface area contributed by atoms with Crippen LogP contribution in [0, 0.1) is 31.5 Å². The van der Waals surface area contributed by atoms with Crippen molar-refractivity contribution in [2.45, 2.75) is 26.3 Å². The molecule has 0 radical (unpaired) electrons. The smallest absolute Gasteiger partial charge is 0.225 e. The molecule has 2 aliphatic heterocycles. The molecule has 5 nitrogen and oxygen atoms in total. The number of hydrogen-bond acceptors (Lipinski definition) is 5. The Morgan fingerprint density at radius 1 is 1.32 bits per heavy atom. The molecule has 4 rings (SSSR count). The van der Waals surface area contributed by atoms with Crippen LogP contribution in [0.2, 0.25) is 0 Å². The van der Waals surface area contributed by atoms with E-state index in [1.54, 1.807) is 30.6 Å². The van der Waals surface area contributed by atoms with Crippen molar-refractivity contribution in [3.05, 3.63) is 46.2 Å². The number of carbonyl (C=O) groups excluding carboxylic acids is 1. The van der Waals surface area contributed by atoms with Crippen LogP contribution in [-0.4, -0.2) is 49.1 Å². The summed E-state index contributed by atoms with van der Waals surface area (Å²) in [6.07, 6.45) is 0.357. The van der Waals surface area contributed by atoms with Crippen LogP contribution < -0.4 is 4.90 Å². The molecule has 0 unspecified atom stereocenters. The highest BCUT2D eigenvalue weighted by molar-refractivity contribution is 7.15. The molecule has 150 valence electrons. The number of amides is 1. The summed E-state index contributed by atoms with van der Waals surface area (Å²) in [7, 11) is 1.60. The van der Waals surface area contributed by atoms with Gasteiger partial charge in [0.25, 0.3) is 0 Å². The lowest BCUT2D eigenvalue weighted by molar-refractivity contribution is -0.133. The van der Waals surface area contributed by atoms with E-state index in [1.807, 2.05) is 17.9 Å². The molecular formula is C21H26FN3O2S.